The summed E-state index contributed by atoms with van der Waals surface area (Å²) in [4.78, 5) is 32.5. The molecule has 1 aliphatic heterocycles. The number of rotatable bonds is 4. The number of anilines is 1. The zero-order valence-corrected chi connectivity index (χ0v) is 20.2. The van der Waals surface area contributed by atoms with Gasteiger partial charge in [0.15, 0.2) is 0 Å². The van der Waals surface area contributed by atoms with Crippen LogP contribution in [0.15, 0.2) is 54.6 Å². The highest BCUT2D eigenvalue weighted by Gasteiger charge is 2.28. The second kappa shape index (κ2) is 9.09. The number of thiazole rings is 1. The van der Waals surface area contributed by atoms with Crippen LogP contribution in [0.1, 0.15) is 22.9 Å². The van der Waals surface area contributed by atoms with Crippen LogP contribution in [0.2, 0.25) is 5.02 Å². The lowest BCUT2D eigenvalue weighted by Crippen LogP contribution is -2.33. The summed E-state index contributed by atoms with van der Waals surface area (Å²) in [7, 11) is 0. The van der Waals surface area contributed by atoms with E-state index in [1.165, 1.54) is 23.0 Å². The number of benzene rings is 2. The third-order valence-electron chi connectivity index (χ3n) is 5.57. The van der Waals surface area contributed by atoms with Crippen molar-refractivity contribution in [2.45, 2.75) is 19.9 Å². The van der Waals surface area contributed by atoms with E-state index in [0.717, 1.165) is 42.7 Å². The molecule has 5 nitrogen and oxygen atoms in total. The highest BCUT2D eigenvalue weighted by molar-refractivity contribution is 7.23. The number of carbonyl (C=O) groups is 2. The van der Waals surface area contributed by atoms with Crippen LogP contribution in [0.4, 0.5) is 5.00 Å². The Kier molecular flexibility index (Phi) is 6.01. The van der Waals surface area contributed by atoms with Gasteiger partial charge in [0.1, 0.15) is 10.0 Å². The van der Waals surface area contributed by atoms with E-state index in [0.29, 0.717) is 18.1 Å². The Bertz CT molecular complexity index is 1370. The maximum Gasteiger partial charge on any atom is 0.249 e. The minimum atomic E-state index is -0.237. The zero-order chi connectivity index (χ0) is 22.9. The molecule has 166 valence electrons. The summed E-state index contributed by atoms with van der Waals surface area (Å²) >= 11 is 9.34. The summed E-state index contributed by atoms with van der Waals surface area (Å²) in [6, 6.07) is 15.4. The Balaban J connectivity index is 1.51. The van der Waals surface area contributed by atoms with Crippen LogP contribution >= 0.6 is 34.3 Å². The number of thiophene rings is 1. The first kappa shape index (κ1) is 21.8. The van der Waals surface area contributed by atoms with Gasteiger partial charge in [-0.3, -0.25) is 9.59 Å². The van der Waals surface area contributed by atoms with Crippen molar-refractivity contribution in [1.82, 2.24) is 9.88 Å². The van der Waals surface area contributed by atoms with Crippen molar-refractivity contribution >= 4 is 67.4 Å². The molecule has 4 aromatic rings. The predicted molar refractivity (Wildman–Crippen MR) is 137 cm³/mol. The molecule has 1 aliphatic rings. The van der Waals surface area contributed by atoms with Gasteiger partial charge in [0.05, 0.1) is 16.8 Å². The van der Waals surface area contributed by atoms with Crippen molar-refractivity contribution in [2.75, 3.05) is 11.9 Å². The summed E-state index contributed by atoms with van der Waals surface area (Å²) in [5.41, 5.74) is 3.86. The largest absolute Gasteiger partial charge is 0.337 e. The summed E-state index contributed by atoms with van der Waals surface area (Å²) in [5, 5.41) is 5.29. The molecular formula is C25H20ClN3O2S2. The maximum atomic E-state index is 12.8. The second-order valence-corrected chi connectivity index (χ2v) is 10.3. The number of hydrogen-bond donors (Lipinski definition) is 1. The standard InChI is InChI=1S/C25H20ClN3O2S2/c1-15(30)29-13-12-17-21(14-29)33-25(23(17)24-27-19-8-4-5-9-20(19)32-24)28-22(31)11-10-16-6-2-3-7-18(16)26/h2-11H,12-14H2,1H3,(H,28,31)/b11-10+. The molecule has 1 N–H and O–H groups in total. The Labute approximate surface area is 204 Å². The first-order valence-electron chi connectivity index (χ1n) is 10.5. The van der Waals surface area contributed by atoms with Gasteiger partial charge in [-0.25, -0.2) is 4.98 Å². The number of para-hydroxylation sites is 1. The van der Waals surface area contributed by atoms with Crippen LogP contribution in [0.3, 0.4) is 0 Å². The molecule has 3 heterocycles. The van der Waals surface area contributed by atoms with Gasteiger partial charge >= 0.3 is 0 Å². The van der Waals surface area contributed by atoms with Crippen molar-refractivity contribution in [3.05, 3.63) is 75.6 Å². The molecule has 0 fully saturated rings. The van der Waals surface area contributed by atoms with E-state index in [1.54, 1.807) is 30.4 Å². The lowest BCUT2D eigenvalue weighted by molar-refractivity contribution is -0.129. The van der Waals surface area contributed by atoms with Crippen molar-refractivity contribution < 1.29 is 9.59 Å². The van der Waals surface area contributed by atoms with Crippen molar-refractivity contribution in [3.63, 3.8) is 0 Å². The lowest BCUT2D eigenvalue weighted by atomic mass is 10.0. The molecule has 0 saturated carbocycles. The van der Waals surface area contributed by atoms with Gasteiger partial charge in [0.2, 0.25) is 11.8 Å². The summed E-state index contributed by atoms with van der Waals surface area (Å²) < 4.78 is 1.10. The SMILES string of the molecule is CC(=O)N1CCc2c(sc(NC(=O)/C=C/c3ccccc3Cl)c2-c2nc3ccccc3s2)C1. The van der Waals surface area contributed by atoms with E-state index < -0.39 is 0 Å². The molecule has 2 amide bonds. The fourth-order valence-corrected chi connectivity index (χ4v) is 6.47. The zero-order valence-electron chi connectivity index (χ0n) is 17.8. The minimum Gasteiger partial charge on any atom is -0.337 e. The Hall–Kier alpha value is -3.00. The van der Waals surface area contributed by atoms with E-state index in [-0.39, 0.29) is 11.8 Å². The number of hydrogen-bond acceptors (Lipinski definition) is 5. The van der Waals surface area contributed by atoms with Crippen LogP contribution in [0, 0.1) is 0 Å². The monoisotopic (exact) mass is 493 g/mol. The van der Waals surface area contributed by atoms with E-state index in [1.807, 2.05) is 41.3 Å². The number of carbonyl (C=O) groups excluding carboxylic acids is 2. The molecule has 0 radical (unpaired) electrons. The summed E-state index contributed by atoms with van der Waals surface area (Å²) in [5.74, 6) is -0.178. The average molecular weight is 494 g/mol. The normalized spacial score (nSPS) is 13.5. The molecule has 0 unspecified atom stereocenters. The van der Waals surface area contributed by atoms with Crippen molar-refractivity contribution in [2.24, 2.45) is 0 Å². The molecule has 0 saturated heterocycles. The lowest BCUT2D eigenvalue weighted by Gasteiger charge is -2.25. The molecule has 33 heavy (non-hydrogen) atoms. The van der Waals surface area contributed by atoms with Crippen LogP contribution < -0.4 is 5.32 Å². The summed E-state index contributed by atoms with van der Waals surface area (Å²) in [6.45, 7) is 2.81. The van der Waals surface area contributed by atoms with Crippen molar-refractivity contribution in [3.8, 4) is 10.6 Å². The molecular weight excluding hydrogens is 474 g/mol. The highest BCUT2D eigenvalue weighted by atomic mass is 35.5. The van der Waals surface area contributed by atoms with E-state index in [2.05, 4.69) is 11.4 Å². The molecule has 0 aliphatic carbocycles. The van der Waals surface area contributed by atoms with Crippen LogP contribution in [0.25, 0.3) is 26.9 Å². The van der Waals surface area contributed by atoms with E-state index in [9.17, 15) is 9.59 Å². The van der Waals surface area contributed by atoms with Gasteiger partial charge in [0.25, 0.3) is 0 Å². The number of fused-ring (bicyclic) bond motifs is 2. The topological polar surface area (TPSA) is 62.3 Å². The van der Waals surface area contributed by atoms with Gasteiger partial charge < -0.3 is 10.2 Å². The third kappa shape index (κ3) is 4.44. The van der Waals surface area contributed by atoms with Crippen LogP contribution in [-0.4, -0.2) is 28.2 Å². The Morgan fingerprint density at radius 1 is 1.12 bits per heavy atom. The predicted octanol–water partition coefficient (Wildman–Crippen LogP) is 6.23. The van der Waals surface area contributed by atoms with Crippen LogP contribution in [0.5, 0.6) is 0 Å². The first-order valence-corrected chi connectivity index (χ1v) is 12.5. The molecule has 2 aromatic carbocycles. The fourth-order valence-electron chi connectivity index (χ4n) is 3.90. The number of halogens is 1. The van der Waals surface area contributed by atoms with E-state index in [4.69, 9.17) is 16.6 Å². The van der Waals surface area contributed by atoms with Gasteiger partial charge in [0, 0.05) is 35.0 Å². The second-order valence-electron chi connectivity index (χ2n) is 7.73. The number of aromatic nitrogens is 1. The average Bonchev–Trinajstić information content (AvgIpc) is 3.38. The molecule has 0 spiro atoms. The van der Waals surface area contributed by atoms with Gasteiger partial charge in [-0.2, -0.15) is 0 Å². The molecule has 2 aromatic heterocycles. The van der Waals surface area contributed by atoms with E-state index >= 15 is 0 Å². The Morgan fingerprint density at radius 3 is 2.70 bits per heavy atom. The quantitative estimate of drug-likeness (QED) is 0.342. The molecule has 0 atom stereocenters. The molecule has 8 heteroatoms. The van der Waals surface area contributed by atoms with Gasteiger partial charge in [-0.05, 0) is 41.8 Å². The van der Waals surface area contributed by atoms with Crippen LogP contribution in [-0.2, 0) is 22.6 Å². The van der Waals surface area contributed by atoms with Gasteiger partial charge in [-0.15, -0.1) is 22.7 Å². The van der Waals surface area contributed by atoms with Crippen molar-refractivity contribution in [1.29, 1.82) is 0 Å². The fraction of sp³-hybridized carbons (Fsp3) is 0.160. The Morgan fingerprint density at radius 2 is 1.91 bits per heavy atom. The summed E-state index contributed by atoms with van der Waals surface area (Å²) in [6.07, 6.45) is 3.94. The molecule has 0 bridgehead atoms. The smallest absolute Gasteiger partial charge is 0.249 e. The minimum absolute atomic E-state index is 0.0591. The number of nitrogens with zero attached hydrogens (tertiary/aromatic N) is 2. The van der Waals surface area contributed by atoms with Gasteiger partial charge in [-0.1, -0.05) is 41.9 Å². The number of nitrogens with one attached hydrogen (secondary N) is 1. The maximum absolute atomic E-state index is 12.8. The highest BCUT2D eigenvalue weighted by Crippen LogP contribution is 2.45. The first-order chi connectivity index (χ1) is 16.0. The number of amides is 2. The molecule has 5 rings (SSSR count). The third-order valence-corrected chi connectivity index (χ3v) is 8.10.